The molecule has 0 aliphatic rings. The second-order valence-corrected chi connectivity index (χ2v) is 6.52. The molecule has 0 saturated carbocycles. The van der Waals surface area contributed by atoms with Gasteiger partial charge in [0.25, 0.3) is 11.8 Å². The predicted molar refractivity (Wildman–Crippen MR) is 111 cm³/mol. The maximum atomic E-state index is 12.4. The summed E-state index contributed by atoms with van der Waals surface area (Å²) in [6.07, 6.45) is 0. The highest BCUT2D eigenvalue weighted by Gasteiger charge is 2.10. The minimum Gasteiger partial charge on any atom is -0.497 e. The first-order chi connectivity index (χ1) is 13.5. The van der Waals surface area contributed by atoms with Gasteiger partial charge in [0.05, 0.1) is 7.11 Å². The van der Waals surface area contributed by atoms with Gasteiger partial charge in [-0.3, -0.25) is 9.59 Å². The summed E-state index contributed by atoms with van der Waals surface area (Å²) >= 11 is 0. The summed E-state index contributed by atoms with van der Waals surface area (Å²) in [7, 11) is 1.57. The van der Waals surface area contributed by atoms with E-state index in [1.54, 1.807) is 55.6 Å². The number of carbonyl (C=O) groups excluding carboxylic acids is 2. The molecule has 0 bridgehead atoms. The van der Waals surface area contributed by atoms with E-state index in [4.69, 9.17) is 4.74 Å². The van der Waals surface area contributed by atoms with Crippen LogP contribution in [0.25, 0.3) is 0 Å². The molecule has 5 heteroatoms. The molecule has 0 heterocycles. The Morgan fingerprint density at radius 3 is 1.82 bits per heavy atom. The molecule has 2 amide bonds. The number of anilines is 2. The summed E-state index contributed by atoms with van der Waals surface area (Å²) in [5, 5.41) is 5.69. The molecule has 0 aliphatic heterocycles. The summed E-state index contributed by atoms with van der Waals surface area (Å²) in [6.45, 7) is 4.02. The van der Waals surface area contributed by atoms with Gasteiger partial charge in [0, 0.05) is 28.6 Å². The second-order valence-electron chi connectivity index (χ2n) is 6.52. The zero-order valence-electron chi connectivity index (χ0n) is 16.1. The minimum absolute atomic E-state index is 0.219. The number of nitrogens with one attached hydrogen (secondary N) is 2. The molecule has 5 nitrogen and oxygen atoms in total. The van der Waals surface area contributed by atoms with E-state index >= 15 is 0 Å². The van der Waals surface area contributed by atoms with Crippen LogP contribution in [0.4, 0.5) is 11.4 Å². The number of hydrogen-bond donors (Lipinski definition) is 2. The highest BCUT2D eigenvalue weighted by Crippen LogP contribution is 2.18. The molecule has 0 aromatic heterocycles. The number of carbonyl (C=O) groups is 2. The first-order valence-corrected chi connectivity index (χ1v) is 8.90. The van der Waals surface area contributed by atoms with Gasteiger partial charge in [-0.2, -0.15) is 0 Å². The molecule has 3 aromatic rings. The third kappa shape index (κ3) is 4.57. The molecule has 0 atom stereocenters. The smallest absolute Gasteiger partial charge is 0.255 e. The van der Waals surface area contributed by atoms with Gasteiger partial charge in [-0.05, 0) is 73.5 Å². The van der Waals surface area contributed by atoms with Crippen molar-refractivity contribution in [3.05, 3.63) is 89.0 Å². The van der Waals surface area contributed by atoms with Gasteiger partial charge < -0.3 is 15.4 Å². The van der Waals surface area contributed by atoms with Gasteiger partial charge in [0.2, 0.25) is 0 Å². The van der Waals surface area contributed by atoms with Crippen LogP contribution < -0.4 is 15.4 Å². The number of aryl methyl sites for hydroxylation is 2. The monoisotopic (exact) mass is 374 g/mol. The summed E-state index contributed by atoms with van der Waals surface area (Å²) in [6, 6.07) is 19.4. The van der Waals surface area contributed by atoms with Crippen LogP contribution in [0.5, 0.6) is 5.75 Å². The molecular formula is C23H22N2O3. The van der Waals surface area contributed by atoms with Crippen LogP contribution in [-0.2, 0) is 0 Å². The zero-order chi connectivity index (χ0) is 20.1. The molecule has 2 N–H and O–H groups in total. The first-order valence-electron chi connectivity index (χ1n) is 8.90. The summed E-state index contributed by atoms with van der Waals surface area (Å²) in [5.41, 5.74) is 4.61. The topological polar surface area (TPSA) is 67.4 Å². The van der Waals surface area contributed by atoms with Crippen molar-refractivity contribution >= 4 is 23.2 Å². The third-order valence-corrected chi connectivity index (χ3v) is 4.50. The largest absolute Gasteiger partial charge is 0.497 e. The van der Waals surface area contributed by atoms with Gasteiger partial charge in [-0.1, -0.05) is 12.1 Å². The number of hydrogen-bond acceptors (Lipinski definition) is 3. The van der Waals surface area contributed by atoms with Crippen molar-refractivity contribution in [2.45, 2.75) is 13.8 Å². The Morgan fingerprint density at radius 2 is 1.29 bits per heavy atom. The van der Waals surface area contributed by atoms with Crippen LogP contribution in [0.1, 0.15) is 31.8 Å². The van der Waals surface area contributed by atoms with Crippen molar-refractivity contribution in [3.63, 3.8) is 0 Å². The van der Waals surface area contributed by atoms with Crippen molar-refractivity contribution < 1.29 is 14.3 Å². The number of amides is 2. The van der Waals surface area contributed by atoms with E-state index in [9.17, 15) is 9.59 Å². The van der Waals surface area contributed by atoms with Gasteiger partial charge in [-0.15, -0.1) is 0 Å². The fourth-order valence-electron chi connectivity index (χ4n) is 2.70. The van der Waals surface area contributed by atoms with Crippen molar-refractivity contribution in [2.24, 2.45) is 0 Å². The Balaban J connectivity index is 1.67. The SMILES string of the molecule is COc1cccc(NC(=O)c2ccc(C(=O)Nc3ccc(C)c(C)c3)cc2)c1. The Hall–Kier alpha value is -3.60. The van der Waals surface area contributed by atoms with Crippen LogP contribution in [0.2, 0.25) is 0 Å². The number of methoxy groups -OCH3 is 1. The lowest BCUT2D eigenvalue weighted by Crippen LogP contribution is -2.14. The number of ether oxygens (including phenoxy) is 1. The van der Waals surface area contributed by atoms with Gasteiger partial charge >= 0.3 is 0 Å². The molecule has 0 radical (unpaired) electrons. The van der Waals surface area contributed by atoms with E-state index in [2.05, 4.69) is 10.6 Å². The molecule has 28 heavy (non-hydrogen) atoms. The van der Waals surface area contributed by atoms with Crippen LogP contribution >= 0.6 is 0 Å². The van der Waals surface area contributed by atoms with E-state index < -0.39 is 0 Å². The Bertz CT molecular complexity index is 1010. The fraction of sp³-hybridized carbons (Fsp3) is 0.130. The number of benzene rings is 3. The number of rotatable bonds is 5. The average molecular weight is 374 g/mol. The van der Waals surface area contributed by atoms with Gasteiger partial charge in [-0.25, -0.2) is 0 Å². The normalized spacial score (nSPS) is 10.2. The standard InChI is InChI=1S/C23H22N2O3/c1-15-7-12-20(13-16(15)2)25-23(27)18-10-8-17(9-11-18)22(26)24-19-5-4-6-21(14-19)28-3/h4-14H,1-3H3,(H,24,26)(H,25,27). The average Bonchev–Trinajstić information content (AvgIpc) is 2.71. The second kappa shape index (κ2) is 8.39. The van der Waals surface area contributed by atoms with Crippen molar-refractivity contribution in [2.75, 3.05) is 17.7 Å². The molecule has 3 aromatic carbocycles. The maximum absolute atomic E-state index is 12.4. The molecule has 0 saturated heterocycles. The highest BCUT2D eigenvalue weighted by atomic mass is 16.5. The third-order valence-electron chi connectivity index (χ3n) is 4.50. The van der Waals surface area contributed by atoms with Crippen LogP contribution in [0.3, 0.4) is 0 Å². The van der Waals surface area contributed by atoms with Crippen molar-refractivity contribution in [1.82, 2.24) is 0 Å². The minimum atomic E-state index is -0.255. The van der Waals surface area contributed by atoms with E-state index in [0.717, 1.165) is 11.3 Å². The van der Waals surface area contributed by atoms with E-state index in [1.165, 1.54) is 5.56 Å². The quantitative estimate of drug-likeness (QED) is 0.673. The lowest BCUT2D eigenvalue weighted by Gasteiger charge is -2.09. The van der Waals surface area contributed by atoms with Crippen LogP contribution in [0, 0.1) is 13.8 Å². The zero-order valence-corrected chi connectivity index (χ0v) is 16.1. The Kier molecular flexibility index (Phi) is 5.75. The fourth-order valence-corrected chi connectivity index (χ4v) is 2.70. The molecule has 0 aliphatic carbocycles. The lowest BCUT2D eigenvalue weighted by atomic mass is 10.1. The Morgan fingerprint density at radius 1 is 0.714 bits per heavy atom. The van der Waals surface area contributed by atoms with Crippen molar-refractivity contribution in [3.8, 4) is 5.75 Å². The molecule has 3 rings (SSSR count). The first kappa shape index (κ1) is 19.2. The molecule has 142 valence electrons. The van der Waals surface area contributed by atoms with Gasteiger partial charge in [0.1, 0.15) is 5.75 Å². The summed E-state index contributed by atoms with van der Waals surface area (Å²) in [5.74, 6) is 0.188. The maximum Gasteiger partial charge on any atom is 0.255 e. The Labute approximate surface area is 164 Å². The molecule has 0 unspecified atom stereocenters. The summed E-state index contributed by atoms with van der Waals surface area (Å²) in [4.78, 5) is 24.8. The van der Waals surface area contributed by atoms with Crippen molar-refractivity contribution in [1.29, 1.82) is 0 Å². The van der Waals surface area contributed by atoms with E-state index in [-0.39, 0.29) is 11.8 Å². The van der Waals surface area contributed by atoms with E-state index in [1.807, 2.05) is 32.0 Å². The summed E-state index contributed by atoms with van der Waals surface area (Å²) < 4.78 is 5.15. The highest BCUT2D eigenvalue weighted by molar-refractivity contribution is 6.07. The van der Waals surface area contributed by atoms with Gasteiger partial charge in [0.15, 0.2) is 0 Å². The molecule has 0 fully saturated rings. The molecular weight excluding hydrogens is 352 g/mol. The van der Waals surface area contributed by atoms with Crippen LogP contribution in [0.15, 0.2) is 66.7 Å². The predicted octanol–water partition coefficient (Wildman–Crippen LogP) is 4.82. The lowest BCUT2D eigenvalue weighted by molar-refractivity contribution is 0.101. The molecule has 0 spiro atoms. The van der Waals surface area contributed by atoms with E-state index in [0.29, 0.717) is 22.6 Å². The van der Waals surface area contributed by atoms with Crippen LogP contribution in [-0.4, -0.2) is 18.9 Å².